The first-order valence-electron chi connectivity index (χ1n) is 5.98. The molecule has 3 nitrogen and oxygen atoms in total. The number of ether oxygens (including phenoxy) is 1. The highest BCUT2D eigenvalue weighted by Crippen LogP contribution is 2.15. The third kappa shape index (κ3) is 4.14. The first-order valence-corrected chi connectivity index (χ1v) is 5.98. The van der Waals surface area contributed by atoms with Crippen molar-refractivity contribution in [2.45, 2.75) is 13.5 Å². The van der Waals surface area contributed by atoms with Gasteiger partial charge in [0.15, 0.2) is 0 Å². The van der Waals surface area contributed by atoms with Crippen molar-refractivity contribution >= 4 is 11.6 Å². The number of carbonyl (C=O) groups excluding carboxylic acids is 1. The summed E-state index contributed by atoms with van der Waals surface area (Å²) < 4.78 is 5.63. The zero-order valence-corrected chi connectivity index (χ0v) is 10.7. The summed E-state index contributed by atoms with van der Waals surface area (Å²) in [6.45, 7) is 7.62. The summed E-state index contributed by atoms with van der Waals surface area (Å²) in [5, 5.41) is 2.72. The summed E-state index contributed by atoms with van der Waals surface area (Å²) in [5.41, 5.74) is 2.48. The summed E-state index contributed by atoms with van der Waals surface area (Å²) >= 11 is 0. The summed E-state index contributed by atoms with van der Waals surface area (Å²) in [6, 6.07) is 14.8. The van der Waals surface area contributed by atoms with Crippen molar-refractivity contribution in [2.75, 3.05) is 5.32 Å². The van der Waals surface area contributed by atoms with Gasteiger partial charge < -0.3 is 10.1 Å². The maximum atomic E-state index is 10.9. The Morgan fingerprint density at radius 2 is 1.95 bits per heavy atom. The molecule has 0 aliphatic carbocycles. The van der Waals surface area contributed by atoms with Crippen LogP contribution in [0.3, 0.4) is 0 Å². The molecule has 19 heavy (non-hydrogen) atoms. The lowest BCUT2D eigenvalue weighted by Gasteiger charge is -2.08. The molecule has 2 aromatic carbocycles. The van der Waals surface area contributed by atoms with E-state index in [-0.39, 0.29) is 5.91 Å². The molecule has 0 aromatic heterocycles. The SMILES string of the molecule is [CH]c1cccc(OCc2ccc(NC(C)=O)cc2)c1. The Hall–Kier alpha value is -2.29. The Morgan fingerprint density at radius 1 is 1.21 bits per heavy atom. The second-order valence-corrected chi connectivity index (χ2v) is 4.24. The minimum Gasteiger partial charge on any atom is -0.489 e. The van der Waals surface area contributed by atoms with Gasteiger partial charge in [-0.1, -0.05) is 24.3 Å². The molecule has 96 valence electrons. The van der Waals surface area contributed by atoms with Gasteiger partial charge in [-0.3, -0.25) is 4.79 Å². The lowest BCUT2D eigenvalue weighted by molar-refractivity contribution is -0.114. The Balaban J connectivity index is 1.94. The Labute approximate surface area is 113 Å². The summed E-state index contributed by atoms with van der Waals surface area (Å²) in [7, 11) is 0. The van der Waals surface area contributed by atoms with E-state index in [4.69, 9.17) is 11.7 Å². The molecule has 2 radical (unpaired) electrons. The Bertz CT molecular complexity index is 561. The molecule has 0 bridgehead atoms. The van der Waals surface area contributed by atoms with Crippen LogP contribution in [0.2, 0.25) is 0 Å². The minimum atomic E-state index is -0.0799. The van der Waals surface area contributed by atoms with Crippen molar-refractivity contribution < 1.29 is 9.53 Å². The van der Waals surface area contributed by atoms with Crippen molar-refractivity contribution in [2.24, 2.45) is 0 Å². The lowest BCUT2D eigenvalue weighted by atomic mass is 10.2. The quantitative estimate of drug-likeness (QED) is 0.908. The molecule has 0 unspecified atom stereocenters. The highest BCUT2D eigenvalue weighted by atomic mass is 16.5. The maximum Gasteiger partial charge on any atom is 0.221 e. The second-order valence-electron chi connectivity index (χ2n) is 4.24. The average molecular weight is 253 g/mol. The van der Waals surface area contributed by atoms with Crippen LogP contribution >= 0.6 is 0 Å². The molecule has 2 rings (SSSR count). The van der Waals surface area contributed by atoms with Gasteiger partial charge in [0.05, 0.1) is 0 Å². The molecule has 0 heterocycles. The van der Waals surface area contributed by atoms with Gasteiger partial charge in [-0.25, -0.2) is 0 Å². The lowest BCUT2D eigenvalue weighted by Crippen LogP contribution is -2.05. The van der Waals surface area contributed by atoms with E-state index in [1.54, 1.807) is 6.07 Å². The fraction of sp³-hybridized carbons (Fsp3) is 0.125. The van der Waals surface area contributed by atoms with Crippen molar-refractivity contribution in [3.8, 4) is 5.75 Å². The molecule has 0 aliphatic rings. The number of benzene rings is 2. The van der Waals surface area contributed by atoms with Crippen LogP contribution in [-0.4, -0.2) is 5.91 Å². The zero-order valence-electron chi connectivity index (χ0n) is 10.7. The molecule has 0 saturated carbocycles. The second kappa shape index (κ2) is 6.05. The van der Waals surface area contributed by atoms with E-state index < -0.39 is 0 Å². The molecule has 0 fully saturated rings. The predicted molar refractivity (Wildman–Crippen MR) is 74.9 cm³/mol. The first kappa shape index (κ1) is 13.1. The summed E-state index contributed by atoms with van der Waals surface area (Å²) in [5.74, 6) is 0.662. The molecule has 0 atom stereocenters. The van der Waals surface area contributed by atoms with Gasteiger partial charge in [0.25, 0.3) is 0 Å². The average Bonchev–Trinajstić information content (AvgIpc) is 2.37. The van der Waals surface area contributed by atoms with Crippen LogP contribution in [0.15, 0.2) is 48.5 Å². The van der Waals surface area contributed by atoms with Crippen molar-refractivity contribution in [3.63, 3.8) is 0 Å². The standard InChI is InChI=1S/C16H15NO2/c1-12-4-3-5-16(10-12)19-11-14-6-8-15(9-7-14)17-13(2)18/h1,3-10H,11H2,2H3,(H,17,18). The van der Waals surface area contributed by atoms with Gasteiger partial charge in [0.2, 0.25) is 5.91 Å². The zero-order chi connectivity index (χ0) is 13.7. The smallest absolute Gasteiger partial charge is 0.221 e. The highest BCUT2D eigenvalue weighted by Gasteiger charge is 1.98. The molecule has 1 amide bonds. The summed E-state index contributed by atoms with van der Waals surface area (Å²) in [6.07, 6.45) is 0. The molecule has 0 aliphatic heterocycles. The fourth-order valence-corrected chi connectivity index (χ4v) is 1.66. The predicted octanol–water partition coefficient (Wildman–Crippen LogP) is 3.28. The van der Waals surface area contributed by atoms with Crippen LogP contribution in [0, 0.1) is 6.92 Å². The number of amides is 1. The van der Waals surface area contributed by atoms with Crippen molar-refractivity contribution in [3.05, 3.63) is 66.6 Å². The van der Waals surface area contributed by atoms with Crippen molar-refractivity contribution in [1.82, 2.24) is 0 Å². The largest absolute Gasteiger partial charge is 0.489 e. The number of hydrogen-bond donors (Lipinski definition) is 1. The molecule has 0 spiro atoms. The molecule has 1 N–H and O–H groups in total. The normalized spacial score (nSPS) is 10.0. The van der Waals surface area contributed by atoms with E-state index in [1.165, 1.54) is 6.92 Å². The van der Waals surface area contributed by atoms with Crippen LogP contribution in [0.25, 0.3) is 0 Å². The molecule has 0 saturated heterocycles. The van der Waals surface area contributed by atoms with E-state index in [0.29, 0.717) is 12.2 Å². The number of nitrogens with one attached hydrogen (secondary N) is 1. The maximum absolute atomic E-state index is 10.9. The molecule has 2 aromatic rings. The monoisotopic (exact) mass is 253 g/mol. The van der Waals surface area contributed by atoms with Gasteiger partial charge in [-0.05, 0) is 42.3 Å². The van der Waals surface area contributed by atoms with E-state index in [0.717, 1.165) is 17.0 Å². The number of carbonyl (C=O) groups is 1. The van der Waals surface area contributed by atoms with Crippen LogP contribution in [0.5, 0.6) is 5.75 Å². The number of rotatable bonds is 4. The molecule has 3 heteroatoms. The van der Waals surface area contributed by atoms with Gasteiger partial charge >= 0.3 is 0 Å². The highest BCUT2D eigenvalue weighted by molar-refractivity contribution is 5.88. The van der Waals surface area contributed by atoms with E-state index in [2.05, 4.69) is 5.32 Å². The van der Waals surface area contributed by atoms with Gasteiger partial charge in [-0.15, -0.1) is 0 Å². The van der Waals surface area contributed by atoms with E-state index >= 15 is 0 Å². The third-order valence-corrected chi connectivity index (χ3v) is 2.54. The van der Waals surface area contributed by atoms with Crippen molar-refractivity contribution in [1.29, 1.82) is 0 Å². The number of hydrogen-bond acceptors (Lipinski definition) is 2. The van der Waals surface area contributed by atoms with Crippen LogP contribution in [0.1, 0.15) is 18.1 Å². The van der Waals surface area contributed by atoms with E-state index in [9.17, 15) is 4.79 Å². The van der Waals surface area contributed by atoms with Crippen LogP contribution in [-0.2, 0) is 11.4 Å². The van der Waals surface area contributed by atoms with Gasteiger partial charge in [0, 0.05) is 12.6 Å². The van der Waals surface area contributed by atoms with Crippen LogP contribution < -0.4 is 10.1 Å². The van der Waals surface area contributed by atoms with Gasteiger partial charge in [-0.2, -0.15) is 0 Å². The molecular weight excluding hydrogens is 238 g/mol. The summed E-state index contributed by atoms with van der Waals surface area (Å²) in [4.78, 5) is 10.9. The van der Waals surface area contributed by atoms with E-state index in [1.807, 2.05) is 42.5 Å². The minimum absolute atomic E-state index is 0.0799. The topological polar surface area (TPSA) is 38.3 Å². The van der Waals surface area contributed by atoms with Gasteiger partial charge in [0.1, 0.15) is 12.4 Å². The number of anilines is 1. The molecular formula is C16H15NO2. The third-order valence-electron chi connectivity index (χ3n) is 2.54. The Kier molecular flexibility index (Phi) is 4.18. The fourth-order valence-electron chi connectivity index (χ4n) is 1.66. The van der Waals surface area contributed by atoms with Crippen LogP contribution in [0.4, 0.5) is 5.69 Å². The Morgan fingerprint density at radius 3 is 2.58 bits per heavy atom. The first-order chi connectivity index (χ1) is 9.13.